The molecule has 25 heavy (non-hydrogen) atoms. The molecular formula is C18H13ClN4OS. The second kappa shape index (κ2) is 5.54. The van der Waals surface area contributed by atoms with Crippen LogP contribution in [0.4, 0.5) is 5.13 Å². The minimum absolute atomic E-state index is 0.0806. The third-order valence-electron chi connectivity index (χ3n) is 4.44. The summed E-state index contributed by atoms with van der Waals surface area (Å²) in [4.78, 5) is 16.4. The van der Waals surface area contributed by atoms with E-state index >= 15 is 0 Å². The third kappa shape index (κ3) is 2.58. The van der Waals surface area contributed by atoms with Gasteiger partial charge < -0.3 is 5.32 Å². The van der Waals surface area contributed by atoms with Crippen LogP contribution in [0.3, 0.4) is 0 Å². The van der Waals surface area contributed by atoms with Crippen molar-refractivity contribution < 1.29 is 4.79 Å². The van der Waals surface area contributed by atoms with E-state index in [0.717, 1.165) is 45.1 Å². The number of rotatable bonds is 3. The van der Waals surface area contributed by atoms with Crippen molar-refractivity contribution in [3.05, 3.63) is 41.6 Å². The van der Waals surface area contributed by atoms with E-state index in [1.165, 1.54) is 11.3 Å². The lowest BCUT2D eigenvalue weighted by Crippen LogP contribution is -2.12. The molecule has 1 saturated carbocycles. The van der Waals surface area contributed by atoms with Gasteiger partial charge in [-0.25, -0.2) is 4.98 Å². The molecule has 2 N–H and O–H groups in total. The molecule has 2 aromatic carbocycles. The van der Waals surface area contributed by atoms with E-state index in [9.17, 15) is 4.79 Å². The number of carbonyl (C=O) groups is 1. The topological polar surface area (TPSA) is 70.7 Å². The highest BCUT2D eigenvalue weighted by Crippen LogP contribution is 2.36. The van der Waals surface area contributed by atoms with Crippen LogP contribution < -0.4 is 5.32 Å². The van der Waals surface area contributed by atoms with Crippen molar-refractivity contribution in [1.82, 2.24) is 15.2 Å². The van der Waals surface area contributed by atoms with Gasteiger partial charge in [0.05, 0.1) is 27.0 Å². The maximum Gasteiger partial charge on any atom is 0.229 e. The number of carbonyl (C=O) groups excluding carboxylic acids is 1. The molecule has 2 aromatic heterocycles. The van der Waals surface area contributed by atoms with E-state index in [0.29, 0.717) is 10.2 Å². The van der Waals surface area contributed by atoms with Crippen molar-refractivity contribution in [2.45, 2.75) is 12.8 Å². The number of anilines is 1. The fourth-order valence-electron chi connectivity index (χ4n) is 2.95. The largest absolute Gasteiger partial charge is 0.302 e. The fraction of sp³-hybridized carbons (Fsp3) is 0.167. The smallest absolute Gasteiger partial charge is 0.229 e. The van der Waals surface area contributed by atoms with Gasteiger partial charge in [0.15, 0.2) is 5.13 Å². The number of nitrogens with one attached hydrogen (secondary N) is 2. The number of hydrogen-bond acceptors (Lipinski definition) is 4. The summed E-state index contributed by atoms with van der Waals surface area (Å²) in [5.74, 6) is 0.253. The number of fused-ring (bicyclic) bond motifs is 2. The summed E-state index contributed by atoms with van der Waals surface area (Å²) in [6.07, 6.45) is 3.75. The first-order chi connectivity index (χ1) is 12.2. The number of H-pyrrole nitrogens is 1. The van der Waals surface area contributed by atoms with Crippen LogP contribution in [0.2, 0.25) is 5.02 Å². The Balaban J connectivity index is 1.56. The molecule has 2 heterocycles. The number of benzene rings is 2. The molecule has 0 saturated heterocycles. The Morgan fingerprint density at radius 3 is 3.00 bits per heavy atom. The summed E-state index contributed by atoms with van der Waals surface area (Å²) in [5.41, 5.74) is 3.85. The molecular weight excluding hydrogens is 356 g/mol. The molecule has 0 radical (unpaired) electrons. The highest BCUT2D eigenvalue weighted by atomic mass is 35.5. The van der Waals surface area contributed by atoms with Crippen molar-refractivity contribution in [1.29, 1.82) is 0 Å². The molecule has 124 valence electrons. The number of aromatic nitrogens is 3. The van der Waals surface area contributed by atoms with Crippen molar-refractivity contribution in [2.24, 2.45) is 5.92 Å². The molecule has 7 heteroatoms. The van der Waals surface area contributed by atoms with Crippen molar-refractivity contribution >= 4 is 55.1 Å². The predicted molar refractivity (Wildman–Crippen MR) is 101 cm³/mol. The van der Waals surface area contributed by atoms with E-state index in [2.05, 4.69) is 26.6 Å². The minimum Gasteiger partial charge on any atom is -0.302 e. The first-order valence-corrected chi connectivity index (χ1v) is 9.22. The van der Waals surface area contributed by atoms with Crippen LogP contribution in [0.1, 0.15) is 12.8 Å². The standard InChI is InChI=1S/C18H13ClN4OS/c19-13-5-4-11(12-8-20-23-16(12)13)10-3-6-14-15(7-10)25-18(21-14)22-17(24)9-1-2-9/h3-9H,1-2H2,(H,20,23)(H,21,22,24). The van der Waals surface area contributed by atoms with E-state index in [4.69, 9.17) is 11.6 Å². The summed E-state index contributed by atoms with van der Waals surface area (Å²) in [7, 11) is 0. The molecule has 1 amide bonds. The van der Waals surface area contributed by atoms with Crippen LogP contribution in [-0.2, 0) is 4.79 Å². The van der Waals surface area contributed by atoms with E-state index in [-0.39, 0.29) is 11.8 Å². The second-order valence-electron chi connectivity index (χ2n) is 6.22. The van der Waals surface area contributed by atoms with Gasteiger partial charge in [-0.3, -0.25) is 9.89 Å². The Morgan fingerprint density at radius 1 is 1.28 bits per heavy atom. The van der Waals surface area contributed by atoms with E-state index < -0.39 is 0 Å². The van der Waals surface area contributed by atoms with Crippen LogP contribution in [0.25, 0.3) is 32.2 Å². The quantitative estimate of drug-likeness (QED) is 0.543. The lowest BCUT2D eigenvalue weighted by molar-refractivity contribution is -0.117. The normalized spacial score (nSPS) is 14.3. The van der Waals surface area contributed by atoms with Crippen LogP contribution in [0.5, 0.6) is 0 Å². The second-order valence-corrected chi connectivity index (χ2v) is 7.66. The summed E-state index contributed by atoms with van der Waals surface area (Å²) >= 11 is 7.71. The summed E-state index contributed by atoms with van der Waals surface area (Å²) in [5, 5.41) is 12.3. The highest BCUT2D eigenvalue weighted by Gasteiger charge is 2.30. The molecule has 0 bridgehead atoms. The average Bonchev–Trinajstić information content (AvgIpc) is 3.20. The van der Waals surface area contributed by atoms with Crippen LogP contribution in [-0.4, -0.2) is 21.1 Å². The zero-order valence-corrected chi connectivity index (χ0v) is 14.6. The van der Waals surface area contributed by atoms with Gasteiger partial charge in [0.25, 0.3) is 0 Å². The number of halogens is 1. The highest BCUT2D eigenvalue weighted by molar-refractivity contribution is 7.22. The molecule has 4 aromatic rings. The minimum atomic E-state index is 0.0806. The Hall–Kier alpha value is -2.44. The SMILES string of the molecule is O=C(Nc1nc2ccc(-c3ccc(Cl)c4[nH]ncc34)cc2s1)C1CC1. The lowest BCUT2D eigenvalue weighted by Gasteiger charge is -2.04. The lowest BCUT2D eigenvalue weighted by atomic mass is 10.0. The van der Waals surface area contributed by atoms with Crippen molar-refractivity contribution in [3.63, 3.8) is 0 Å². The molecule has 1 fully saturated rings. The van der Waals surface area contributed by atoms with Gasteiger partial charge in [-0.1, -0.05) is 35.1 Å². The molecule has 5 rings (SSSR count). The fourth-order valence-corrected chi connectivity index (χ4v) is 4.07. The predicted octanol–water partition coefficient (Wildman–Crippen LogP) is 4.84. The Labute approximate surface area is 152 Å². The summed E-state index contributed by atoms with van der Waals surface area (Å²) < 4.78 is 1.04. The van der Waals surface area contributed by atoms with Crippen LogP contribution >= 0.6 is 22.9 Å². The monoisotopic (exact) mass is 368 g/mol. The number of hydrogen-bond donors (Lipinski definition) is 2. The summed E-state index contributed by atoms with van der Waals surface area (Å²) in [6, 6.07) is 9.97. The van der Waals surface area contributed by atoms with Crippen molar-refractivity contribution in [2.75, 3.05) is 5.32 Å². The van der Waals surface area contributed by atoms with Crippen molar-refractivity contribution in [3.8, 4) is 11.1 Å². The Bertz CT molecular complexity index is 1130. The Morgan fingerprint density at radius 2 is 2.16 bits per heavy atom. The molecule has 5 nitrogen and oxygen atoms in total. The van der Waals surface area contributed by atoms with Gasteiger partial charge in [-0.05, 0) is 42.2 Å². The third-order valence-corrected chi connectivity index (χ3v) is 5.69. The zero-order chi connectivity index (χ0) is 17.0. The number of nitrogens with zero attached hydrogens (tertiary/aromatic N) is 2. The summed E-state index contributed by atoms with van der Waals surface area (Å²) in [6.45, 7) is 0. The number of aromatic amines is 1. The average molecular weight is 369 g/mol. The molecule has 0 aliphatic heterocycles. The van der Waals surface area contributed by atoms with Crippen LogP contribution in [0.15, 0.2) is 36.5 Å². The first kappa shape index (κ1) is 14.9. The molecule has 1 aliphatic rings. The van der Waals surface area contributed by atoms with Gasteiger partial charge in [0.1, 0.15) is 0 Å². The van der Waals surface area contributed by atoms with Gasteiger partial charge in [-0.2, -0.15) is 5.10 Å². The van der Waals surface area contributed by atoms with Gasteiger partial charge >= 0.3 is 0 Å². The van der Waals surface area contributed by atoms with Gasteiger partial charge in [0.2, 0.25) is 5.91 Å². The first-order valence-electron chi connectivity index (χ1n) is 8.02. The molecule has 0 atom stereocenters. The molecule has 0 unspecified atom stereocenters. The Kier molecular flexibility index (Phi) is 3.29. The molecule has 1 aliphatic carbocycles. The maximum atomic E-state index is 11.9. The van der Waals surface area contributed by atoms with Gasteiger partial charge in [0, 0.05) is 11.3 Å². The van der Waals surface area contributed by atoms with E-state index in [1.54, 1.807) is 6.20 Å². The van der Waals surface area contributed by atoms with Crippen LogP contribution in [0, 0.1) is 5.92 Å². The molecule has 0 spiro atoms. The van der Waals surface area contributed by atoms with E-state index in [1.807, 2.05) is 24.3 Å². The zero-order valence-electron chi connectivity index (χ0n) is 13.0. The number of amides is 1. The maximum absolute atomic E-state index is 11.9. The van der Waals surface area contributed by atoms with Gasteiger partial charge in [-0.15, -0.1) is 0 Å². The number of thiazole rings is 1.